The van der Waals surface area contributed by atoms with Crippen molar-refractivity contribution < 1.29 is 18.5 Å². The number of rotatable bonds is 5. The highest BCUT2D eigenvalue weighted by molar-refractivity contribution is 7.89. The predicted molar refractivity (Wildman–Crippen MR) is 81.7 cm³/mol. The molecule has 0 saturated heterocycles. The first-order valence-corrected chi connectivity index (χ1v) is 7.95. The maximum absolute atomic E-state index is 12.1. The van der Waals surface area contributed by atoms with Crippen LogP contribution in [0.4, 0.5) is 0 Å². The van der Waals surface area contributed by atoms with Crippen LogP contribution >= 0.6 is 11.6 Å². The highest BCUT2D eigenvalue weighted by Gasteiger charge is 2.17. The van der Waals surface area contributed by atoms with E-state index in [0.717, 1.165) is 0 Å². The van der Waals surface area contributed by atoms with E-state index in [9.17, 15) is 8.42 Å². The lowest BCUT2D eigenvalue weighted by Crippen LogP contribution is -2.30. The molecule has 0 aliphatic carbocycles. The monoisotopic (exact) mass is 325 g/mol. The zero-order valence-corrected chi connectivity index (χ0v) is 12.5. The normalized spacial score (nSPS) is 11.4. The van der Waals surface area contributed by atoms with Crippen molar-refractivity contribution in [3.05, 3.63) is 59.1 Å². The number of halogens is 1. The zero-order chi connectivity index (χ0) is 15.5. The third-order valence-corrected chi connectivity index (χ3v) is 4.77. The van der Waals surface area contributed by atoms with Crippen LogP contribution in [0.25, 0.3) is 0 Å². The second-order valence-corrected chi connectivity index (χ2v) is 6.51. The highest BCUT2D eigenvalue weighted by Crippen LogP contribution is 2.20. The van der Waals surface area contributed by atoms with Crippen LogP contribution < -0.4 is 10.2 Å². The fourth-order valence-electron chi connectivity index (χ4n) is 1.73. The summed E-state index contributed by atoms with van der Waals surface area (Å²) >= 11 is 5.87. The van der Waals surface area contributed by atoms with Crippen LogP contribution in [0.2, 0.25) is 5.02 Å². The van der Waals surface area contributed by atoms with Gasteiger partial charge < -0.3 is 10.0 Å². The fraction of sp³-hybridized carbons (Fsp3) is 0.0769. The number of nitrogens with one attached hydrogen (secondary N) is 1. The van der Waals surface area contributed by atoms with E-state index in [2.05, 4.69) is 4.72 Å². The molecule has 0 amide bonds. The molecule has 0 saturated carbocycles. The summed E-state index contributed by atoms with van der Waals surface area (Å²) in [5, 5.41) is 18.1. The molecule has 3 N–H and O–H groups in total. The van der Waals surface area contributed by atoms with E-state index in [1.165, 1.54) is 24.3 Å². The molecule has 0 spiro atoms. The molecular formula is C13H13BClNO4S. The van der Waals surface area contributed by atoms with Gasteiger partial charge >= 0.3 is 7.12 Å². The molecule has 8 heteroatoms. The van der Waals surface area contributed by atoms with Gasteiger partial charge in [-0.05, 0) is 23.2 Å². The first-order valence-electron chi connectivity index (χ1n) is 6.09. The lowest BCUT2D eigenvalue weighted by molar-refractivity contribution is 0.426. The fourth-order valence-corrected chi connectivity index (χ4v) is 3.26. The van der Waals surface area contributed by atoms with Gasteiger partial charge in [0.05, 0.1) is 5.02 Å². The molecule has 0 aromatic heterocycles. The summed E-state index contributed by atoms with van der Waals surface area (Å²) in [7, 11) is -5.24. The van der Waals surface area contributed by atoms with Crippen molar-refractivity contribution in [2.75, 3.05) is 0 Å². The van der Waals surface area contributed by atoms with Crippen LogP contribution in [-0.2, 0) is 16.6 Å². The van der Waals surface area contributed by atoms with Gasteiger partial charge in [-0.15, -0.1) is 0 Å². The van der Waals surface area contributed by atoms with E-state index < -0.39 is 17.1 Å². The molecule has 5 nitrogen and oxygen atoms in total. The second-order valence-electron chi connectivity index (χ2n) is 4.37. The maximum Gasteiger partial charge on any atom is 0.488 e. The third kappa shape index (κ3) is 4.06. The molecule has 2 aromatic rings. The summed E-state index contributed by atoms with van der Waals surface area (Å²) < 4.78 is 26.7. The van der Waals surface area contributed by atoms with Crippen molar-refractivity contribution in [2.45, 2.75) is 11.4 Å². The van der Waals surface area contributed by atoms with Crippen LogP contribution in [0.15, 0.2) is 53.4 Å². The average molecular weight is 326 g/mol. The Morgan fingerprint density at radius 2 is 1.67 bits per heavy atom. The van der Waals surface area contributed by atoms with Crippen molar-refractivity contribution in [2.24, 2.45) is 0 Å². The molecule has 2 rings (SSSR count). The van der Waals surface area contributed by atoms with E-state index in [1.54, 1.807) is 24.3 Å². The molecular weight excluding hydrogens is 312 g/mol. The zero-order valence-electron chi connectivity index (χ0n) is 10.9. The van der Waals surface area contributed by atoms with E-state index in [-0.39, 0.29) is 16.5 Å². The number of sulfonamides is 1. The van der Waals surface area contributed by atoms with Crippen molar-refractivity contribution in [1.82, 2.24) is 4.72 Å². The van der Waals surface area contributed by atoms with E-state index >= 15 is 0 Å². The smallest absolute Gasteiger partial charge is 0.423 e. The number of hydrogen-bond donors (Lipinski definition) is 3. The summed E-state index contributed by atoms with van der Waals surface area (Å²) in [5.41, 5.74) is 1.03. The molecule has 0 atom stereocenters. The number of benzene rings is 2. The van der Waals surface area contributed by atoms with Gasteiger partial charge in [0.15, 0.2) is 0 Å². The summed E-state index contributed by atoms with van der Waals surface area (Å²) in [5.74, 6) is 0. The van der Waals surface area contributed by atoms with E-state index in [0.29, 0.717) is 11.0 Å². The lowest BCUT2D eigenvalue weighted by atomic mass is 9.80. The molecule has 0 fully saturated rings. The summed E-state index contributed by atoms with van der Waals surface area (Å²) in [6, 6.07) is 12.4. The van der Waals surface area contributed by atoms with E-state index in [4.69, 9.17) is 21.6 Å². The van der Waals surface area contributed by atoms with Crippen molar-refractivity contribution in [3.63, 3.8) is 0 Å². The molecule has 0 bridgehead atoms. The molecule has 2 aromatic carbocycles. The number of hydrogen-bond acceptors (Lipinski definition) is 4. The molecule has 110 valence electrons. The topological polar surface area (TPSA) is 86.6 Å². The van der Waals surface area contributed by atoms with Gasteiger partial charge in [-0.2, -0.15) is 0 Å². The Kier molecular flexibility index (Phi) is 5.02. The minimum absolute atomic E-state index is 0.0223. The summed E-state index contributed by atoms with van der Waals surface area (Å²) in [6.07, 6.45) is 0. The summed E-state index contributed by atoms with van der Waals surface area (Å²) in [4.78, 5) is 0.0223. The van der Waals surface area contributed by atoms with Crippen LogP contribution in [0.1, 0.15) is 5.56 Å². The predicted octanol–water partition coefficient (Wildman–Crippen LogP) is 0.498. The first kappa shape index (κ1) is 16.0. The quantitative estimate of drug-likeness (QED) is 0.699. The lowest BCUT2D eigenvalue weighted by Gasteiger charge is -2.08. The van der Waals surface area contributed by atoms with Gasteiger partial charge in [-0.3, -0.25) is 0 Å². The van der Waals surface area contributed by atoms with Crippen molar-refractivity contribution >= 4 is 34.2 Å². The Bertz CT molecular complexity index is 719. The van der Waals surface area contributed by atoms with Crippen LogP contribution in [0.5, 0.6) is 0 Å². The maximum atomic E-state index is 12.1. The van der Waals surface area contributed by atoms with Crippen molar-refractivity contribution in [1.29, 1.82) is 0 Å². The molecule has 0 heterocycles. The van der Waals surface area contributed by atoms with Crippen molar-refractivity contribution in [3.8, 4) is 0 Å². The van der Waals surface area contributed by atoms with Gasteiger partial charge in [0.2, 0.25) is 10.0 Å². The highest BCUT2D eigenvalue weighted by atomic mass is 35.5. The van der Waals surface area contributed by atoms with Gasteiger partial charge in [0.1, 0.15) is 4.90 Å². The molecule has 0 aliphatic rings. The Labute approximate surface area is 128 Å². The van der Waals surface area contributed by atoms with E-state index in [1.807, 2.05) is 0 Å². The van der Waals surface area contributed by atoms with Crippen LogP contribution in [0, 0.1) is 0 Å². The Hall–Kier alpha value is -1.38. The third-order valence-electron chi connectivity index (χ3n) is 2.87. The SMILES string of the molecule is O=S(=O)(NCc1ccc(B(O)O)cc1)c1ccccc1Cl. The van der Waals surface area contributed by atoms with Gasteiger partial charge in [-0.1, -0.05) is 48.0 Å². The Morgan fingerprint density at radius 3 is 2.24 bits per heavy atom. The average Bonchev–Trinajstić information content (AvgIpc) is 2.46. The van der Waals surface area contributed by atoms with Crippen LogP contribution in [0.3, 0.4) is 0 Å². The van der Waals surface area contributed by atoms with Gasteiger partial charge in [0, 0.05) is 6.54 Å². The molecule has 21 heavy (non-hydrogen) atoms. The molecule has 0 radical (unpaired) electrons. The Morgan fingerprint density at radius 1 is 1.05 bits per heavy atom. The largest absolute Gasteiger partial charge is 0.488 e. The summed E-state index contributed by atoms with van der Waals surface area (Å²) in [6.45, 7) is 0.0787. The molecule has 0 unspecified atom stereocenters. The van der Waals surface area contributed by atoms with Crippen LogP contribution in [-0.4, -0.2) is 25.6 Å². The minimum Gasteiger partial charge on any atom is -0.423 e. The molecule has 0 aliphatic heterocycles. The Balaban J connectivity index is 2.10. The van der Waals surface area contributed by atoms with Gasteiger partial charge in [-0.25, -0.2) is 13.1 Å². The first-order chi connectivity index (χ1) is 9.90. The minimum atomic E-state index is -3.70. The second kappa shape index (κ2) is 6.59. The standard InChI is InChI=1S/C13H13BClNO4S/c15-12-3-1-2-4-13(12)21(19,20)16-9-10-5-7-11(8-6-10)14(17)18/h1-8,16-18H,9H2. The van der Waals surface area contributed by atoms with Gasteiger partial charge in [0.25, 0.3) is 0 Å².